The van der Waals surface area contributed by atoms with E-state index in [1.807, 2.05) is 26.8 Å². The molecule has 0 aliphatic heterocycles. The molecule has 116 valence electrons. The summed E-state index contributed by atoms with van der Waals surface area (Å²) in [6.45, 7) is 6.13. The molecule has 2 rings (SSSR count). The average molecular weight is 301 g/mol. The smallest absolute Gasteiger partial charge is 0.267 e. The number of phenols is 1. The molecule has 1 aromatic carbocycles. The zero-order valence-corrected chi connectivity index (χ0v) is 12.8. The monoisotopic (exact) mass is 301 g/mol. The van der Waals surface area contributed by atoms with E-state index >= 15 is 0 Å². The molecule has 0 aliphatic rings. The molecule has 0 radical (unpaired) electrons. The van der Waals surface area contributed by atoms with Gasteiger partial charge < -0.3 is 10.4 Å². The molecule has 0 atom stereocenters. The zero-order chi connectivity index (χ0) is 16.3. The van der Waals surface area contributed by atoms with E-state index in [1.54, 1.807) is 12.1 Å². The normalized spacial score (nSPS) is 11.2. The zero-order valence-electron chi connectivity index (χ0n) is 12.8. The highest BCUT2D eigenvalue weighted by molar-refractivity contribution is 5.93. The van der Waals surface area contributed by atoms with Crippen LogP contribution in [-0.2, 0) is 16.6 Å². The molecule has 0 fully saturated rings. The van der Waals surface area contributed by atoms with Crippen LogP contribution in [0.5, 0.6) is 5.75 Å². The first-order chi connectivity index (χ1) is 10.3. The molecule has 1 aromatic heterocycles. The summed E-state index contributed by atoms with van der Waals surface area (Å²) in [6, 6.07) is 6.60. The van der Waals surface area contributed by atoms with E-state index in [0.717, 1.165) is 5.56 Å². The van der Waals surface area contributed by atoms with Crippen molar-refractivity contribution in [3.63, 3.8) is 0 Å². The van der Waals surface area contributed by atoms with E-state index in [2.05, 4.69) is 15.5 Å². The lowest BCUT2D eigenvalue weighted by Crippen LogP contribution is -2.21. The largest absolute Gasteiger partial charge is 0.506 e. The number of carbonyl (C=O) groups excluding carboxylic acids is 1. The quantitative estimate of drug-likeness (QED) is 0.755. The van der Waals surface area contributed by atoms with Crippen LogP contribution in [0.1, 0.15) is 31.9 Å². The van der Waals surface area contributed by atoms with Gasteiger partial charge in [0.2, 0.25) is 5.91 Å². The van der Waals surface area contributed by atoms with Crippen molar-refractivity contribution in [2.75, 3.05) is 5.32 Å². The Balaban J connectivity index is 2.18. The molecule has 0 bridgehead atoms. The Morgan fingerprint density at radius 2 is 2.05 bits per heavy atom. The van der Waals surface area contributed by atoms with Crippen LogP contribution in [0, 0.1) is 0 Å². The van der Waals surface area contributed by atoms with Crippen molar-refractivity contribution in [2.24, 2.45) is 0 Å². The molecule has 0 spiro atoms. The number of aromatic amines is 1. The average Bonchev–Trinajstić information content (AvgIpc) is 2.42. The van der Waals surface area contributed by atoms with E-state index in [1.165, 1.54) is 12.3 Å². The molecule has 3 N–H and O–H groups in total. The van der Waals surface area contributed by atoms with Crippen molar-refractivity contribution < 1.29 is 9.90 Å². The number of rotatable bonds is 3. The molecule has 1 amide bonds. The van der Waals surface area contributed by atoms with Crippen molar-refractivity contribution >= 4 is 11.6 Å². The third-order valence-corrected chi connectivity index (χ3v) is 3.30. The van der Waals surface area contributed by atoms with Crippen molar-refractivity contribution in [1.29, 1.82) is 0 Å². The number of hydrogen-bond donors (Lipinski definition) is 3. The lowest BCUT2D eigenvalue weighted by atomic mass is 9.87. The van der Waals surface area contributed by atoms with Crippen LogP contribution >= 0.6 is 0 Å². The Hall–Kier alpha value is -2.63. The number of hydrogen-bond acceptors (Lipinski definition) is 4. The summed E-state index contributed by atoms with van der Waals surface area (Å²) in [7, 11) is 0. The predicted molar refractivity (Wildman–Crippen MR) is 84.0 cm³/mol. The minimum absolute atomic E-state index is 0.00927. The molecule has 1 heterocycles. The van der Waals surface area contributed by atoms with E-state index in [9.17, 15) is 14.7 Å². The number of nitrogens with one attached hydrogen (secondary N) is 2. The van der Waals surface area contributed by atoms with Gasteiger partial charge in [-0.2, -0.15) is 5.10 Å². The SMILES string of the molecule is CC(C)(C)c1ccc(O)c(NC(=O)Cc2ccn[nH]c2=O)c1. The van der Waals surface area contributed by atoms with Gasteiger partial charge in [0.15, 0.2) is 0 Å². The minimum Gasteiger partial charge on any atom is -0.506 e. The van der Waals surface area contributed by atoms with Crippen molar-refractivity contribution in [1.82, 2.24) is 10.2 Å². The second-order valence-corrected chi connectivity index (χ2v) is 6.12. The first-order valence-corrected chi connectivity index (χ1v) is 6.93. The Kier molecular flexibility index (Phi) is 4.30. The lowest BCUT2D eigenvalue weighted by Gasteiger charge is -2.20. The Morgan fingerprint density at radius 3 is 2.68 bits per heavy atom. The van der Waals surface area contributed by atoms with E-state index in [-0.39, 0.29) is 23.5 Å². The van der Waals surface area contributed by atoms with Crippen molar-refractivity contribution in [2.45, 2.75) is 32.6 Å². The molecule has 6 heteroatoms. The van der Waals surface area contributed by atoms with Crippen LogP contribution in [0.4, 0.5) is 5.69 Å². The van der Waals surface area contributed by atoms with Crippen LogP contribution in [0.3, 0.4) is 0 Å². The topological polar surface area (TPSA) is 95.1 Å². The molecule has 0 unspecified atom stereocenters. The Morgan fingerprint density at radius 1 is 1.32 bits per heavy atom. The molecular formula is C16H19N3O3. The summed E-state index contributed by atoms with van der Waals surface area (Å²) >= 11 is 0. The number of aromatic hydroxyl groups is 1. The maximum atomic E-state index is 12.1. The number of aromatic nitrogens is 2. The highest BCUT2D eigenvalue weighted by Gasteiger charge is 2.16. The fraction of sp³-hybridized carbons (Fsp3) is 0.312. The Bertz CT molecular complexity index is 745. The molecule has 0 aliphatic carbocycles. The molecule has 6 nitrogen and oxygen atoms in total. The summed E-state index contributed by atoms with van der Waals surface area (Å²) < 4.78 is 0. The van der Waals surface area contributed by atoms with Crippen LogP contribution in [-0.4, -0.2) is 21.2 Å². The summed E-state index contributed by atoms with van der Waals surface area (Å²) in [6.07, 6.45) is 1.33. The third kappa shape index (κ3) is 3.72. The maximum absolute atomic E-state index is 12.1. The number of amides is 1. The molecule has 0 saturated heterocycles. The van der Waals surface area contributed by atoms with E-state index in [0.29, 0.717) is 11.3 Å². The fourth-order valence-electron chi connectivity index (χ4n) is 1.98. The highest BCUT2D eigenvalue weighted by atomic mass is 16.3. The lowest BCUT2D eigenvalue weighted by molar-refractivity contribution is -0.115. The van der Waals surface area contributed by atoms with Crippen molar-refractivity contribution in [3.8, 4) is 5.75 Å². The summed E-state index contributed by atoms with van der Waals surface area (Å²) in [5, 5.41) is 18.4. The first-order valence-electron chi connectivity index (χ1n) is 6.93. The maximum Gasteiger partial charge on any atom is 0.267 e. The van der Waals surface area contributed by atoms with Gasteiger partial charge in [0.25, 0.3) is 5.56 Å². The van der Waals surface area contributed by atoms with Crippen LogP contribution < -0.4 is 10.9 Å². The van der Waals surface area contributed by atoms with Crippen molar-refractivity contribution in [3.05, 3.63) is 51.9 Å². The van der Waals surface area contributed by atoms with Crippen LogP contribution in [0.25, 0.3) is 0 Å². The number of phenolic OH excluding ortho intramolecular Hbond substituents is 1. The predicted octanol–water partition coefficient (Wildman–Crippen LogP) is 1.95. The van der Waals surface area contributed by atoms with Crippen LogP contribution in [0.2, 0.25) is 0 Å². The van der Waals surface area contributed by atoms with Gasteiger partial charge in [-0.15, -0.1) is 0 Å². The Labute approximate surface area is 128 Å². The second-order valence-electron chi connectivity index (χ2n) is 6.12. The number of H-pyrrole nitrogens is 1. The highest BCUT2D eigenvalue weighted by Crippen LogP contribution is 2.30. The van der Waals surface area contributed by atoms with E-state index < -0.39 is 5.56 Å². The van der Waals surface area contributed by atoms with Gasteiger partial charge in [0.05, 0.1) is 12.1 Å². The summed E-state index contributed by atoms with van der Waals surface area (Å²) in [4.78, 5) is 23.6. The second kappa shape index (κ2) is 6.01. The molecule has 0 saturated carbocycles. The van der Waals surface area contributed by atoms with Gasteiger partial charge in [-0.3, -0.25) is 9.59 Å². The van der Waals surface area contributed by atoms with Gasteiger partial charge in [-0.25, -0.2) is 5.10 Å². The number of anilines is 1. The first kappa shape index (κ1) is 15.8. The van der Waals surface area contributed by atoms with Crippen LogP contribution in [0.15, 0.2) is 35.3 Å². The number of carbonyl (C=O) groups is 1. The minimum atomic E-state index is -0.398. The van der Waals surface area contributed by atoms with E-state index in [4.69, 9.17) is 0 Å². The standard InChI is InChI=1S/C16H19N3O3/c1-16(2,3)11-4-5-13(20)12(9-11)18-14(21)8-10-6-7-17-19-15(10)22/h4-7,9,20H,8H2,1-3H3,(H,18,21)(H,19,22). The number of benzene rings is 1. The summed E-state index contributed by atoms with van der Waals surface area (Å²) in [5.74, 6) is -0.386. The molecular weight excluding hydrogens is 282 g/mol. The molecule has 2 aromatic rings. The van der Waals surface area contributed by atoms with Gasteiger partial charge in [-0.05, 0) is 29.2 Å². The molecule has 22 heavy (non-hydrogen) atoms. The summed E-state index contributed by atoms with van der Waals surface area (Å²) in [5.41, 5.74) is 1.14. The third-order valence-electron chi connectivity index (χ3n) is 3.30. The van der Waals surface area contributed by atoms with Gasteiger partial charge in [0, 0.05) is 11.8 Å². The van der Waals surface area contributed by atoms with Gasteiger partial charge in [-0.1, -0.05) is 26.8 Å². The fourth-order valence-corrected chi connectivity index (χ4v) is 1.98. The van der Waals surface area contributed by atoms with Gasteiger partial charge in [0.1, 0.15) is 5.75 Å². The van der Waals surface area contributed by atoms with Gasteiger partial charge >= 0.3 is 0 Å². The number of nitrogens with zero attached hydrogens (tertiary/aromatic N) is 1.